The molecule has 9 atom stereocenters. The molecule has 1 aromatic heterocycles. The molecule has 0 aliphatic carbocycles. The van der Waals surface area contributed by atoms with Gasteiger partial charge in [0.15, 0.2) is 0 Å². The van der Waals surface area contributed by atoms with Crippen LogP contribution in [0, 0.1) is 11.8 Å². The highest BCUT2D eigenvalue weighted by molar-refractivity contribution is 5.98. The number of carbonyl (C=O) groups is 8. The molecule has 2 aromatic rings. The highest BCUT2D eigenvalue weighted by atomic mass is 16.4. The number of nitrogens with zero attached hydrogens (tertiary/aromatic N) is 3. The number of hydrogen-bond donors (Lipinski definition) is 8. The minimum atomic E-state index is -1.41. The van der Waals surface area contributed by atoms with Crippen LogP contribution >= 0.6 is 0 Å². The monoisotopic (exact) mass is 865 g/mol. The predicted molar refractivity (Wildman–Crippen MR) is 227 cm³/mol. The quantitative estimate of drug-likeness (QED) is 0.0912. The summed E-state index contributed by atoms with van der Waals surface area (Å²) >= 11 is 0. The number of fused-ring (bicyclic) bond motifs is 1. The van der Waals surface area contributed by atoms with E-state index in [0.29, 0.717) is 38.5 Å². The maximum Gasteiger partial charge on any atom is 0.326 e. The number of aliphatic carboxylic acids is 1. The van der Waals surface area contributed by atoms with Crippen molar-refractivity contribution in [1.29, 1.82) is 0 Å². The Hall–Kier alpha value is -5.56. The van der Waals surface area contributed by atoms with Crippen LogP contribution in [0.25, 0.3) is 10.9 Å². The first-order valence-corrected chi connectivity index (χ1v) is 21.8. The number of aromatic nitrogens is 1. The highest BCUT2D eigenvalue weighted by Crippen LogP contribution is 2.25. The number of hydrogen-bond acceptors (Lipinski definition) is 10. The van der Waals surface area contributed by atoms with Gasteiger partial charge in [-0.25, -0.2) is 4.79 Å². The van der Waals surface area contributed by atoms with Crippen molar-refractivity contribution >= 4 is 58.2 Å². The third-order valence-electron chi connectivity index (χ3n) is 12.8. The zero-order valence-electron chi connectivity index (χ0n) is 36.1. The molecule has 3 fully saturated rings. The molecule has 19 nitrogen and oxygen atoms in total. The second kappa shape index (κ2) is 21.5. The van der Waals surface area contributed by atoms with Crippen molar-refractivity contribution in [2.45, 2.75) is 128 Å². The van der Waals surface area contributed by atoms with E-state index in [0.717, 1.165) is 21.4 Å². The first-order valence-electron chi connectivity index (χ1n) is 21.8. The second-order valence-electron chi connectivity index (χ2n) is 16.8. The third kappa shape index (κ3) is 10.9. The molecule has 0 spiro atoms. The molecular formula is C43H63N9O10. The fourth-order valence-electron chi connectivity index (χ4n) is 8.62. The second-order valence-corrected chi connectivity index (χ2v) is 16.8. The molecule has 3 saturated heterocycles. The summed E-state index contributed by atoms with van der Waals surface area (Å²) in [5.41, 5.74) is 7.93. The molecule has 5 rings (SSSR count). The minimum absolute atomic E-state index is 0.139. The molecular weight excluding hydrogens is 803 g/mol. The van der Waals surface area contributed by atoms with E-state index in [1.807, 2.05) is 45.0 Å². The summed E-state index contributed by atoms with van der Waals surface area (Å²) in [6.07, 6.45) is 5.35. The van der Waals surface area contributed by atoms with Crippen molar-refractivity contribution in [2.24, 2.45) is 17.6 Å². The third-order valence-corrected chi connectivity index (χ3v) is 12.8. The Morgan fingerprint density at radius 3 is 1.94 bits per heavy atom. The summed E-state index contributed by atoms with van der Waals surface area (Å²) in [5, 5.41) is 31.2. The van der Waals surface area contributed by atoms with E-state index in [1.165, 1.54) is 9.80 Å². The molecule has 0 bridgehead atoms. The number of para-hydroxylation sites is 1. The summed E-state index contributed by atoms with van der Waals surface area (Å²) in [4.78, 5) is 114. The molecule has 340 valence electrons. The lowest BCUT2D eigenvalue weighted by Crippen LogP contribution is -2.59. The fraction of sp³-hybridized carbons (Fsp3) is 0.628. The zero-order valence-corrected chi connectivity index (χ0v) is 36.1. The van der Waals surface area contributed by atoms with Gasteiger partial charge in [-0.15, -0.1) is 0 Å². The van der Waals surface area contributed by atoms with Crippen molar-refractivity contribution in [2.75, 3.05) is 32.8 Å². The summed E-state index contributed by atoms with van der Waals surface area (Å²) in [5.74, 6) is -5.81. The van der Waals surface area contributed by atoms with E-state index in [1.54, 1.807) is 13.1 Å². The molecule has 3 aliphatic heterocycles. The first-order chi connectivity index (χ1) is 29.6. The standard InChI is InChI=1S/C43H63N9O10/c1-5-24(3)35(44)39(57)47-29(20-26-21-45-28-13-8-7-12-27(26)28)40(58)50-17-9-14-31(50)37(55)46-22-34(54)49-36(25(4)6-2)42(60)51-18-10-15-32(51)38(56)48-30(23-53)41(59)52-19-11-16-33(52)43(61)62/h7-8,12-13,21,24-25,29-33,35-36,45,53H,5-6,9-11,14-20,22-23,44H2,1-4H3,(H,46,55)(H,47,57)(H,48,56)(H,49,54)(H,61,62)/t24-,25-,29-,30-,31-,32-,33-,35-,36-/m0/s1. The Balaban J connectivity index is 1.22. The number of rotatable bonds is 19. The number of likely N-dealkylation sites (tertiary alicyclic amines) is 3. The Bertz CT molecular complexity index is 1970. The Morgan fingerprint density at radius 1 is 0.758 bits per heavy atom. The number of aliphatic hydroxyl groups is 1. The number of carboxylic acid groups (broad SMARTS) is 1. The van der Waals surface area contributed by atoms with E-state index in [4.69, 9.17) is 5.73 Å². The molecule has 0 saturated carbocycles. The van der Waals surface area contributed by atoms with E-state index < -0.39 is 103 Å². The molecule has 1 aromatic carbocycles. The van der Waals surface area contributed by atoms with Crippen molar-refractivity contribution in [3.63, 3.8) is 0 Å². The van der Waals surface area contributed by atoms with E-state index in [2.05, 4.69) is 26.3 Å². The van der Waals surface area contributed by atoms with Gasteiger partial charge in [0.05, 0.1) is 19.2 Å². The Kier molecular flexibility index (Phi) is 16.5. The van der Waals surface area contributed by atoms with Gasteiger partial charge < -0.3 is 56.9 Å². The van der Waals surface area contributed by atoms with Crippen LogP contribution in [0.3, 0.4) is 0 Å². The van der Waals surface area contributed by atoms with Gasteiger partial charge in [0.1, 0.15) is 36.3 Å². The van der Waals surface area contributed by atoms with Crippen molar-refractivity contribution in [3.05, 3.63) is 36.0 Å². The predicted octanol–water partition coefficient (Wildman–Crippen LogP) is -0.250. The highest BCUT2D eigenvalue weighted by Gasteiger charge is 2.43. The average molecular weight is 866 g/mol. The van der Waals surface area contributed by atoms with Gasteiger partial charge in [-0.05, 0) is 62.0 Å². The van der Waals surface area contributed by atoms with Gasteiger partial charge in [0.2, 0.25) is 41.4 Å². The maximum atomic E-state index is 14.3. The number of benzene rings is 1. The van der Waals surface area contributed by atoms with Gasteiger partial charge >= 0.3 is 5.97 Å². The number of carboxylic acids is 1. The molecule has 0 unspecified atom stereocenters. The number of aliphatic hydroxyl groups excluding tert-OH is 1. The molecule has 7 amide bonds. The fourth-order valence-corrected chi connectivity index (χ4v) is 8.62. The summed E-state index contributed by atoms with van der Waals surface area (Å²) in [6, 6.07) is 0.233. The van der Waals surface area contributed by atoms with Gasteiger partial charge in [0, 0.05) is 43.2 Å². The van der Waals surface area contributed by atoms with Crippen LogP contribution in [0.1, 0.15) is 84.6 Å². The maximum absolute atomic E-state index is 14.3. The molecule has 19 heteroatoms. The normalized spacial score (nSPS) is 21.7. The lowest BCUT2D eigenvalue weighted by atomic mass is 9.97. The summed E-state index contributed by atoms with van der Waals surface area (Å²) < 4.78 is 0. The number of aromatic amines is 1. The smallest absolute Gasteiger partial charge is 0.326 e. The molecule has 3 aliphatic rings. The topological polar surface area (TPSA) is 277 Å². The Labute approximate surface area is 361 Å². The lowest BCUT2D eigenvalue weighted by Gasteiger charge is -2.32. The van der Waals surface area contributed by atoms with E-state index in [9.17, 15) is 48.6 Å². The molecule has 9 N–H and O–H groups in total. The van der Waals surface area contributed by atoms with Crippen molar-refractivity contribution < 1.29 is 48.6 Å². The van der Waals surface area contributed by atoms with Gasteiger partial charge in [-0.3, -0.25) is 33.6 Å². The first kappa shape index (κ1) is 47.5. The van der Waals surface area contributed by atoms with Crippen LogP contribution in [-0.2, 0) is 44.8 Å². The van der Waals surface area contributed by atoms with E-state index in [-0.39, 0.29) is 50.7 Å². The van der Waals surface area contributed by atoms with E-state index >= 15 is 0 Å². The SMILES string of the molecule is CC[C@H](C)[C@H](N)C(=O)N[C@@H](Cc1c[nH]c2ccccc12)C(=O)N1CCC[C@H]1C(=O)NCC(=O)N[C@H](C(=O)N1CCC[C@H]1C(=O)N[C@@H](CO)C(=O)N1CCC[C@H]1C(=O)O)[C@@H](C)CC. The minimum Gasteiger partial charge on any atom is -0.480 e. The number of amides is 7. The van der Waals surface area contributed by atoms with Gasteiger partial charge in [-0.2, -0.15) is 0 Å². The van der Waals surface area contributed by atoms with Gasteiger partial charge in [0.25, 0.3) is 0 Å². The summed E-state index contributed by atoms with van der Waals surface area (Å²) in [6.45, 7) is 6.73. The van der Waals surface area contributed by atoms with Crippen LogP contribution in [0.2, 0.25) is 0 Å². The molecule has 0 radical (unpaired) electrons. The largest absolute Gasteiger partial charge is 0.480 e. The van der Waals surface area contributed by atoms with Crippen molar-refractivity contribution in [1.82, 2.24) is 41.0 Å². The van der Waals surface area contributed by atoms with Crippen LogP contribution in [0.15, 0.2) is 30.5 Å². The number of nitrogens with one attached hydrogen (secondary N) is 5. The molecule has 62 heavy (non-hydrogen) atoms. The number of H-pyrrole nitrogens is 1. The van der Waals surface area contributed by atoms with Crippen LogP contribution in [0.4, 0.5) is 0 Å². The van der Waals surface area contributed by atoms with Crippen LogP contribution in [-0.4, -0.2) is 152 Å². The lowest BCUT2D eigenvalue weighted by molar-refractivity contribution is -0.150. The van der Waals surface area contributed by atoms with Crippen LogP contribution < -0.4 is 27.0 Å². The summed E-state index contributed by atoms with van der Waals surface area (Å²) in [7, 11) is 0. The number of carbonyl (C=O) groups excluding carboxylic acids is 7. The van der Waals surface area contributed by atoms with Gasteiger partial charge in [-0.1, -0.05) is 58.7 Å². The molecule has 4 heterocycles. The van der Waals surface area contributed by atoms with Crippen LogP contribution in [0.5, 0.6) is 0 Å². The Morgan fingerprint density at radius 2 is 1.32 bits per heavy atom. The zero-order chi connectivity index (χ0) is 45.2. The number of nitrogens with two attached hydrogens (primary N) is 1. The van der Waals surface area contributed by atoms with Crippen molar-refractivity contribution in [3.8, 4) is 0 Å². The average Bonchev–Trinajstić information content (AvgIpc) is 4.12.